The maximum atomic E-state index is 14.1. The molecule has 3 aromatic rings. The molecule has 0 unspecified atom stereocenters. The van der Waals surface area contributed by atoms with Crippen LogP contribution in [0.3, 0.4) is 0 Å². The zero-order valence-corrected chi connectivity index (χ0v) is 15.5. The van der Waals surface area contributed by atoms with Crippen molar-refractivity contribution < 1.29 is 4.39 Å². The average Bonchev–Trinajstić information content (AvgIpc) is 3.30. The monoisotopic (exact) mass is 368 g/mol. The number of aromatic nitrogens is 3. The first-order chi connectivity index (χ1) is 12.8. The fraction of sp³-hybridized carbons (Fsp3) is 0.300. The van der Waals surface area contributed by atoms with E-state index < -0.39 is 0 Å². The highest BCUT2D eigenvalue weighted by Gasteiger charge is 2.32. The van der Waals surface area contributed by atoms with E-state index >= 15 is 0 Å². The Morgan fingerprint density at radius 2 is 1.85 bits per heavy atom. The van der Waals surface area contributed by atoms with E-state index in [1.807, 2.05) is 36.6 Å². The Labute approximate surface area is 157 Å². The lowest BCUT2D eigenvalue weighted by Gasteiger charge is -2.24. The van der Waals surface area contributed by atoms with Crippen molar-refractivity contribution >= 4 is 11.8 Å². The van der Waals surface area contributed by atoms with Gasteiger partial charge in [-0.25, -0.2) is 4.39 Å². The van der Waals surface area contributed by atoms with Gasteiger partial charge in [-0.1, -0.05) is 48.2 Å². The number of thioether (sulfide) groups is 1. The third-order valence-electron chi connectivity index (χ3n) is 4.85. The third kappa shape index (κ3) is 3.27. The molecular weight excluding hydrogens is 347 g/mol. The Hall–Kier alpha value is -2.18. The topological polar surface area (TPSA) is 34.0 Å². The number of hydrogen-bond acceptors (Lipinski definition) is 4. The molecule has 26 heavy (non-hydrogen) atoms. The number of benzene rings is 2. The second-order valence-electron chi connectivity index (χ2n) is 6.44. The number of halogens is 1. The first kappa shape index (κ1) is 17.2. The van der Waals surface area contributed by atoms with Crippen molar-refractivity contribution in [1.29, 1.82) is 0 Å². The van der Waals surface area contributed by atoms with E-state index in [1.54, 1.807) is 17.8 Å². The lowest BCUT2D eigenvalue weighted by atomic mass is 10.1. The third-order valence-corrected chi connectivity index (χ3v) is 5.48. The molecule has 2 heterocycles. The summed E-state index contributed by atoms with van der Waals surface area (Å²) in [6, 6.07) is 17.3. The molecule has 1 saturated heterocycles. The predicted molar refractivity (Wildman–Crippen MR) is 102 cm³/mol. The molecule has 0 radical (unpaired) electrons. The van der Waals surface area contributed by atoms with Gasteiger partial charge >= 0.3 is 0 Å². The highest BCUT2D eigenvalue weighted by molar-refractivity contribution is 7.98. The number of para-hydroxylation sites is 1. The van der Waals surface area contributed by atoms with Crippen molar-refractivity contribution in [2.75, 3.05) is 12.8 Å². The molecule has 1 atom stereocenters. The molecule has 2 aromatic carbocycles. The number of rotatable bonds is 5. The van der Waals surface area contributed by atoms with Gasteiger partial charge in [-0.2, -0.15) is 0 Å². The number of hydrogen-bond donors (Lipinski definition) is 0. The number of nitrogens with zero attached hydrogens (tertiary/aromatic N) is 4. The van der Waals surface area contributed by atoms with Gasteiger partial charge in [-0.3, -0.25) is 9.47 Å². The minimum absolute atomic E-state index is 0.142. The first-order valence-corrected chi connectivity index (χ1v) is 10.0. The van der Waals surface area contributed by atoms with Crippen LogP contribution < -0.4 is 0 Å². The maximum absolute atomic E-state index is 14.1. The molecule has 4 rings (SSSR count). The summed E-state index contributed by atoms with van der Waals surface area (Å²) in [6.45, 7) is 1.53. The summed E-state index contributed by atoms with van der Waals surface area (Å²) in [5.74, 6) is 0.793. The smallest absolute Gasteiger partial charge is 0.195 e. The lowest BCUT2D eigenvalue weighted by Crippen LogP contribution is -2.25. The largest absolute Gasteiger partial charge is 0.289 e. The van der Waals surface area contributed by atoms with Gasteiger partial charge < -0.3 is 0 Å². The lowest BCUT2D eigenvalue weighted by molar-refractivity contribution is 0.234. The van der Waals surface area contributed by atoms with Crippen molar-refractivity contribution in [1.82, 2.24) is 19.7 Å². The fourth-order valence-electron chi connectivity index (χ4n) is 3.60. The Morgan fingerprint density at radius 3 is 2.62 bits per heavy atom. The molecule has 0 spiro atoms. The average molecular weight is 368 g/mol. The van der Waals surface area contributed by atoms with Gasteiger partial charge in [-0.05, 0) is 43.8 Å². The molecule has 134 valence electrons. The molecular formula is C20H21FN4S. The molecule has 0 aliphatic carbocycles. The summed E-state index contributed by atoms with van der Waals surface area (Å²) in [5, 5.41) is 9.78. The normalized spacial score (nSPS) is 17.7. The summed E-state index contributed by atoms with van der Waals surface area (Å²) in [6.07, 6.45) is 4.10. The summed E-state index contributed by atoms with van der Waals surface area (Å²) in [5.41, 5.74) is 1.80. The van der Waals surface area contributed by atoms with Crippen LogP contribution in [0.1, 0.15) is 30.3 Å². The van der Waals surface area contributed by atoms with Crippen LogP contribution in [0.5, 0.6) is 0 Å². The molecule has 0 amide bonds. The van der Waals surface area contributed by atoms with Crippen LogP contribution in [-0.4, -0.2) is 32.5 Å². The fourth-order valence-corrected chi connectivity index (χ4v) is 4.11. The molecule has 0 N–H and O–H groups in total. The first-order valence-electron chi connectivity index (χ1n) is 8.80. The zero-order chi connectivity index (χ0) is 17.9. The van der Waals surface area contributed by atoms with Crippen LogP contribution >= 0.6 is 11.8 Å². The summed E-state index contributed by atoms with van der Waals surface area (Å²) in [4.78, 5) is 2.31. The van der Waals surface area contributed by atoms with Crippen LogP contribution in [0.15, 0.2) is 59.8 Å². The van der Waals surface area contributed by atoms with Crippen molar-refractivity contribution in [3.63, 3.8) is 0 Å². The van der Waals surface area contributed by atoms with E-state index in [1.165, 1.54) is 6.07 Å². The SMILES string of the molecule is CSc1nnc([C@@H]2CCCN2Cc2ccccc2F)n1-c1ccccc1. The van der Waals surface area contributed by atoms with Gasteiger partial charge in [0.15, 0.2) is 11.0 Å². The van der Waals surface area contributed by atoms with E-state index in [4.69, 9.17) is 0 Å². The molecule has 1 aromatic heterocycles. The molecule has 0 bridgehead atoms. The van der Waals surface area contributed by atoms with E-state index in [9.17, 15) is 4.39 Å². The van der Waals surface area contributed by atoms with Crippen molar-refractivity contribution in [3.8, 4) is 5.69 Å². The van der Waals surface area contributed by atoms with Crippen molar-refractivity contribution in [3.05, 3.63) is 71.8 Å². The Morgan fingerprint density at radius 1 is 1.08 bits per heavy atom. The highest BCUT2D eigenvalue weighted by atomic mass is 32.2. The Bertz CT molecular complexity index is 881. The number of likely N-dealkylation sites (tertiary alicyclic amines) is 1. The van der Waals surface area contributed by atoms with Gasteiger partial charge in [0.1, 0.15) is 5.82 Å². The molecule has 0 saturated carbocycles. The van der Waals surface area contributed by atoms with Gasteiger partial charge in [0.25, 0.3) is 0 Å². The maximum Gasteiger partial charge on any atom is 0.195 e. The van der Waals surface area contributed by atoms with E-state index in [2.05, 4.69) is 31.8 Å². The van der Waals surface area contributed by atoms with E-state index in [0.29, 0.717) is 6.54 Å². The second-order valence-corrected chi connectivity index (χ2v) is 7.21. The highest BCUT2D eigenvalue weighted by Crippen LogP contribution is 2.35. The van der Waals surface area contributed by atoms with Gasteiger partial charge in [0.2, 0.25) is 0 Å². The molecule has 6 heteroatoms. The summed E-state index contributed by atoms with van der Waals surface area (Å²) < 4.78 is 16.2. The second kappa shape index (κ2) is 7.60. The molecule has 4 nitrogen and oxygen atoms in total. The summed E-state index contributed by atoms with van der Waals surface area (Å²) in [7, 11) is 0. The van der Waals surface area contributed by atoms with Crippen molar-refractivity contribution in [2.45, 2.75) is 30.6 Å². The molecule has 1 aliphatic heterocycles. The van der Waals surface area contributed by atoms with Crippen LogP contribution in [0, 0.1) is 5.82 Å². The standard InChI is InChI=1S/C20H21FN4S/c1-26-20-23-22-19(25(20)16-9-3-2-4-10-16)18-12-7-13-24(18)14-15-8-5-6-11-17(15)21/h2-6,8-11,18H,7,12-14H2,1H3/t18-/m0/s1. The quantitative estimate of drug-likeness (QED) is 0.623. The summed E-state index contributed by atoms with van der Waals surface area (Å²) >= 11 is 1.59. The van der Waals surface area contributed by atoms with Crippen LogP contribution in [0.2, 0.25) is 0 Å². The minimum Gasteiger partial charge on any atom is -0.289 e. The van der Waals surface area contributed by atoms with E-state index in [0.717, 1.165) is 41.6 Å². The van der Waals surface area contributed by atoms with Gasteiger partial charge in [0, 0.05) is 17.8 Å². The van der Waals surface area contributed by atoms with Crippen molar-refractivity contribution in [2.24, 2.45) is 0 Å². The zero-order valence-electron chi connectivity index (χ0n) is 14.7. The van der Waals surface area contributed by atoms with Crippen LogP contribution in [0.25, 0.3) is 5.69 Å². The van der Waals surface area contributed by atoms with Crippen LogP contribution in [-0.2, 0) is 6.54 Å². The van der Waals surface area contributed by atoms with E-state index in [-0.39, 0.29) is 11.9 Å². The minimum atomic E-state index is -0.146. The van der Waals surface area contributed by atoms with Gasteiger partial charge in [0.05, 0.1) is 6.04 Å². The van der Waals surface area contributed by atoms with Crippen LogP contribution in [0.4, 0.5) is 4.39 Å². The predicted octanol–water partition coefficient (Wildman–Crippen LogP) is 4.47. The Balaban J connectivity index is 1.69. The molecule has 1 fully saturated rings. The van der Waals surface area contributed by atoms with Gasteiger partial charge in [-0.15, -0.1) is 10.2 Å². The molecule has 1 aliphatic rings. The Kier molecular flexibility index (Phi) is 5.04.